The standard InChI is InChI=1S/C10H18O2S/c1-8-5-4-6-10(2,3)9(8)7-13(11)12/h4-7H2,1-3H3,(H,11,12)/p-1. The van der Waals surface area contributed by atoms with Crippen LogP contribution < -0.4 is 0 Å². The van der Waals surface area contributed by atoms with Crippen LogP contribution in [0, 0.1) is 5.41 Å². The summed E-state index contributed by atoms with van der Waals surface area (Å²) >= 11 is -1.94. The van der Waals surface area contributed by atoms with Gasteiger partial charge in [0.05, 0.1) is 0 Å². The molecular weight excluding hydrogens is 184 g/mol. The largest absolute Gasteiger partial charge is 0.772 e. The van der Waals surface area contributed by atoms with Crippen LogP contribution in [0.5, 0.6) is 0 Å². The lowest BCUT2D eigenvalue weighted by Crippen LogP contribution is -2.24. The summed E-state index contributed by atoms with van der Waals surface area (Å²) in [6.07, 6.45) is 3.36. The average Bonchev–Trinajstić information content (AvgIpc) is 1.96. The molecule has 1 unspecified atom stereocenters. The minimum absolute atomic E-state index is 0.0857. The van der Waals surface area contributed by atoms with Gasteiger partial charge in [-0.15, -0.1) is 0 Å². The van der Waals surface area contributed by atoms with Crippen molar-refractivity contribution >= 4 is 11.1 Å². The Morgan fingerprint density at radius 1 is 1.54 bits per heavy atom. The average molecular weight is 201 g/mol. The molecule has 0 amide bonds. The summed E-state index contributed by atoms with van der Waals surface area (Å²) in [4.78, 5) is 0. The first-order valence-corrected chi connectivity index (χ1v) is 5.93. The molecule has 1 rings (SSSR count). The molecule has 0 spiro atoms. The van der Waals surface area contributed by atoms with Gasteiger partial charge in [0.25, 0.3) is 0 Å². The van der Waals surface area contributed by atoms with Crippen molar-refractivity contribution in [1.29, 1.82) is 0 Å². The van der Waals surface area contributed by atoms with E-state index in [1.165, 1.54) is 12.0 Å². The summed E-state index contributed by atoms with van der Waals surface area (Å²) in [5, 5.41) is 0. The van der Waals surface area contributed by atoms with E-state index in [4.69, 9.17) is 0 Å². The van der Waals surface area contributed by atoms with Gasteiger partial charge in [0.15, 0.2) is 0 Å². The number of hydrogen-bond donors (Lipinski definition) is 0. The van der Waals surface area contributed by atoms with Gasteiger partial charge in [-0.25, -0.2) is 0 Å². The first-order chi connectivity index (χ1) is 5.93. The van der Waals surface area contributed by atoms with E-state index >= 15 is 0 Å². The molecule has 2 nitrogen and oxygen atoms in total. The van der Waals surface area contributed by atoms with Crippen LogP contribution in [0.25, 0.3) is 0 Å². The van der Waals surface area contributed by atoms with Crippen molar-refractivity contribution in [3.63, 3.8) is 0 Å². The third kappa shape index (κ3) is 2.64. The van der Waals surface area contributed by atoms with Gasteiger partial charge >= 0.3 is 0 Å². The molecule has 1 atom stereocenters. The van der Waals surface area contributed by atoms with E-state index < -0.39 is 11.1 Å². The minimum Gasteiger partial charge on any atom is -0.772 e. The molecule has 0 aromatic heterocycles. The highest BCUT2D eigenvalue weighted by atomic mass is 32.2. The zero-order valence-corrected chi connectivity index (χ0v) is 9.37. The zero-order valence-electron chi connectivity index (χ0n) is 8.55. The van der Waals surface area contributed by atoms with Crippen LogP contribution >= 0.6 is 0 Å². The molecule has 0 fully saturated rings. The summed E-state index contributed by atoms with van der Waals surface area (Å²) in [5.41, 5.74) is 2.50. The van der Waals surface area contributed by atoms with Crippen molar-refractivity contribution in [2.75, 3.05) is 5.75 Å². The quantitative estimate of drug-likeness (QED) is 0.508. The fraction of sp³-hybridized carbons (Fsp3) is 0.800. The molecule has 0 bridgehead atoms. The normalized spacial score (nSPS) is 24.6. The fourth-order valence-electron chi connectivity index (χ4n) is 2.11. The van der Waals surface area contributed by atoms with Crippen LogP contribution in [-0.4, -0.2) is 14.5 Å². The zero-order chi connectivity index (χ0) is 10.1. The molecule has 0 saturated heterocycles. The molecule has 0 aromatic rings. The Kier molecular flexibility index (Phi) is 3.30. The van der Waals surface area contributed by atoms with E-state index in [2.05, 4.69) is 20.8 Å². The maximum atomic E-state index is 10.7. The van der Waals surface area contributed by atoms with Crippen molar-refractivity contribution in [2.45, 2.75) is 40.0 Å². The second kappa shape index (κ2) is 3.93. The van der Waals surface area contributed by atoms with E-state index in [9.17, 15) is 8.76 Å². The molecule has 1 aliphatic carbocycles. The van der Waals surface area contributed by atoms with Crippen LogP contribution in [0.4, 0.5) is 0 Å². The molecule has 0 radical (unpaired) electrons. The summed E-state index contributed by atoms with van der Waals surface area (Å²) < 4.78 is 21.3. The molecule has 0 heterocycles. The molecule has 3 heteroatoms. The summed E-state index contributed by atoms with van der Waals surface area (Å²) in [5.74, 6) is 0.221. The van der Waals surface area contributed by atoms with Crippen molar-refractivity contribution in [2.24, 2.45) is 5.41 Å². The summed E-state index contributed by atoms with van der Waals surface area (Å²) in [6, 6.07) is 0. The smallest absolute Gasteiger partial charge is 0.0319 e. The maximum Gasteiger partial charge on any atom is 0.0319 e. The number of rotatable bonds is 2. The second-order valence-electron chi connectivity index (χ2n) is 4.44. The molecule has 76 valence electrons. The molecule has 0 aliphatic heterocycles. The van der Waals surface area contributed by atoms with Gasteiger partial charge in [0.1, 0.15) is 0 Å². The van der Waals surface area contributed by atoms with Crippen molar-refractivity contribution in [1.82, 2.24) is 0 Å². The molecule has 1 aliphatic rings. The fourth-order valence-corrected chi connectivity index (χ4v) is 2.98. The Labute approximate surface area is 82.7 Å². The highest BCUT2D eigenvalue weighted by Gasteiger charge is 2.27. The SMILES string of the molecule is CC1=C(CS(=O)[O-])C(C)(C)CCC1. The minimum atomic E-state index is -1.94. The summed E-state index contributed by atoms with van der Waals surface area (Å²) in [6.45, 7) is 6.33. The first-order valence-electron chi connectivity index (χ1n) is 4.68. The van der Waals surface area contributed by atoms with Crippen LogP contribution in [0.2, 0.25) is 0 Å². The topological polar surface area (TPSA) is 40.1 Å². The van der Waals surface area contributed by atoms with E-state index in [0.29, 0.717) is 0 Å². The van der Waals surface area contributed by atoms with Crippen LogP contribution in [-0.2, 0) is 11.1 Å². The number of hydrogen-bond acceptors (Lipinski definition) is 2. The van der Waals surface area contributed by atoms with Crippen molar-refractivity contribution in [3.05, 3.63) is 11.1 Å². The first kappa shape index (κ1) is 10.9. The molecular formula is C10H17O2S-. The Morgan fingerprint density at radius 2 is 2.15 bits per heavy atom. The Balaban J connectivity index is 2.91. The van der Waals surface area contributed by atoms with Crippen LogP contribution in [0.1, 0.15) is 40.0 Å². The highest BCUT2D eigenvalue weighted by Crippen LogP contribution is 2.40. The second-order valence-corrected chi connectivity index (χ2v) is 5.34. The lowest BCUT2D eigenvalue weighted by Gasteiger charge is -2.35. The van der Waals surface area contributed by atoms with Gasteiger partial charge in [0.2, 0.25) is 0 Å². The van der Waals surface area contributed by atoms with Crippen molar-refractivity contribution < 1.29 is 8.76 Å². The van der Waals surface area contributed by atoms with E-state index in [0.717, 1.165) is 18.4 Å². The predicted molar refractivity (Wildman–Crippen MR) is 54.1 cm³/mol. The van der Waals surface area contributed by atoms with Gasteiger partial charge in [-0.1, -0.05) is 36.1 Å². The Hall–Kier alpha value is -0.150. The molecule has 0 N–H and O–H groups in total. The molecule has 0 saturated carbocycles. The monoisotopic (exact) mass is 201 g/mol. The maximum absolute atomic E-state index is 10.7. The predicted octanol–water partition coefficient (Wildman–Crippen LogP) is 2.39. The Bertz CT molecular complexity index is 254. The van der Waals surface area contributed by atoms with Gasteiger partial charge in [-0.3, -0.25) is 4.21 Å². The molecule has 0 aromatic carbocycles. The van der Waals surface area contributed by atoms with Gasteiger partial charge in [0, 0.05) is 5.75 Å². The summed E-state index contributed by atoms with van der Waals surface area (Å²) in [7, 11) is 0. The Morgan fingerprint density at radius 3 is 2.62 bits per heavy atom. The lowest BCUT2D eigenvalue weighted by molar-refractivity contribution is 0.366. The third-order valence-electron chi connectivity index (χ3n) is 2.95. The van der Waals surface area contributed by atoms with E-state index in [1.807, 2.05) is 0 Å². The number of allylic oxidation sites excluding steroid dienone is 1. The third-order valence-corrected chi connectivity index (χ3v) is 3.47. The van der Waals surface area contributed by atoms with Gasteiger partial charge < -0.3 is 4.55 Å². The lowest BCUT2D eigenvalue weighted by atomic mass is 9.73. The van der Waals surface area contributed by atoms with E-state index in [1.54, 1.807) is 0 Å². The van der Waals surface area contributed by atoms with Crippen LogP contribution in [0.3, 0.4) is 0 Å². The van der Waals surface area contributed by atoms with Gasteiger partial charge in [-0.2, -0.15) is 0 Å². The van der Waals surface area contributed by atoms with E-state index in [-0.39, 0.29) is 11.2 Å². The van der Waals surface area contributed by atoms with Gasteiger partial charge in [-0.05, 0) is 31.6 Å². The van der Waals surface area contributed by atoms with Crippen molar-refractivity contribution in [3.8, 4) is 0 Å². The molecule has 13 heavy (non-hydrogen) atoms. The van der Waals surface area contributed by atoms with Crippen LogP contribution in [0.15, 0.2) is 11.1 Å². The highest BCUT2D eigenvalue weighted by molar-refractivity contribution is 7.79.